The Balaban J connectivity index is 1.62. The molecule has 1 aliphatic heterocycles. The molecule has 2 heterocycles. The minimum Gasteiger partial charge on any atom is -0.467 e. The summed E-state index contributed by atoms with van der Waals surface area (Å²) in [6.45, 7) is 2.78. The largest absolute Gasteiger partial charge is 0.467 e. The van der Waals surface area contributed by atoms with Crippen LogP contribution in [0.5, 0.6) is 5.75 Å². The lowest BCUT2D eigenvalue weighted by Gasteiger charge is -2.38. The highest BCUT2D eigenvalue weighted by molar-refractivity contribution is 5.87. The summed E-state index contributed by atoms with van der Waals surface area (Å²) in [5, 5.41) is 36.2. The predicted molar refractivity (Wildman–Crippen MR) is 133 cm³/mol. The molecule has 1 aromatic heterocycles. The Bertz CT molecular complexity index is 1220. The van der Waals surface area contributed by atoms with Crippen LogP contribution in [0.4, 0.5) is 4.79 Å². The standard InChI is InChI=1S/C25H32N2O12/c1-3-36-25(34)27-9-5-4-8-26-17(28)10-13-11-18(29)38-16-12-14(6-7-15(13)16)37-24-21(32)19(30)20(31)22(39-24)23(33)35-2/h6-7,11-12,19-22,24,30-32H,3-5,8-10H2,1-2H3,(H,26,28)(H,27,34). The molecule has 214 valence electrons. The van der Waals surface area contributed by atoms with Crippen molar-refractivity contribution in [2.45, 2.75) is 56.9 Å². The number of aliphatic hydroxyl groups excluding tert-OH is 3. The zero-order valence-electron chi connectivity index (χ0n) is 21.5. The third-order valence-electron chi connectivity index (χ3n) is 5.88. The molecule has 1 fully saturated rings. The molecule has 39 heavy (non-hydrogen) atoms. The molecule has 0 radical (unpaired) electrons. The lowest BCUT2D eigenvalue weighted by Crippen LogP contribution is -2.61. The molecule has 14 nitrogen and oxygen atoms in total. The fraction of sp³-hybridized carbons (Fsp3) is 0.520. The van der Waals surface area contributed by atoms with Gasteiger partial charge in [-0.3, -0.25) is 4.79 Å². The average molecular weight is 553 g/mol. The molecule has 0 spiro atoms. The second-order valence-corrected chi connectivity index (χ2v) is 8.67. The highest BCUT2D eigenvalue weighted by atomic mass is 16.7. The van der Waals surface area contributed by atoms with E-state index in [4.69, 9.17) is 18.6 Å². The molecule has 2 amide bonds. The Kier molecular flexibility index (Phi) is 10.6. The van der Waals surface area contributed by atoms with Crippen molar-refractivity contribution in [2.75, 3.05) is 26.8 Å². The SMILES string of the molecule is CCOC(=O)NCCCCNC(=O)Cc1cc(=O)oc2cc(OC3OC(C(=O)OC)C(O)C(O)C3O)ccc12. The van der Waals surface area contributed by atoms with Gasteiger partial charge in [-0.1, -0.05) is 0 Å². The molecule has 5 atom stereocenters. The third kappa shape index (κ3) is 7.89. The molecule has 0 aliphatic carbocycles. The number of rotatable bonds is 11. The zero-order valence-corrected chi connectivity index (χ0v) is 21.5. The van der Waals surface area contributed by atoms with Gasteiger partial charge in [-0.15, -0.1) is 0 Å². The Morgan fingerprint density at radius 1 is 1.00 bits per heavy atom. The smallest absolute Gasteiger partial charge is 0.407 e. The number of fused-ring (bicyclic) bond motifs is 1. The van der Waals surface area contributed by atoms with Crippen LogP contribution in [0, 0.1) is 0 Å². The first kappa shape index (κ1) is 29.8. The zero-order chi connectivity index (χ0) is 28.5. The minimum absolute atomic E-state index is 0.0555. The summed E-state index contributed by atoms with van der Waals surface area (Å²) in [6, 6.07) is 5.53. The maximum atomic E-state index is 12.4. The van der Waals surface area contributed by atoms with Crippen molar-refractivity contribution < 1.29 is 53.1 Å². The summed E-state index contributed by atoms with van der Waals surface area (Å²) in [5.41, 5.74) is -0.207. The lowest BCUT2D eigenvalue weighted by molar-refractivity contribution is -0.271. The molecular formula is C25H32N2O12. The van der Waals surface area contributed by atoms with Crippen LogP contribution in [0.3, 0.4) is 0 Å². The lowest BCUT2D eigenvalue weighted by atomic mass is 9.99. The van der Waals surface area contributed by atoms with Gasteiger partial charge in [-0.05, 0) is 37.5 Å². The van der Waals surface area contributed by atoms with E-state index in [1.54, 1.807) is 6.92 Å². The Labute approximate surface area is 222 Å². The van der Waals surface area contributed by atoms with E-state index in [1.807, 2.05) is 0 Å². The summed E-state index contributed by atoms with van der Waals surface area (Å²) in [6.07, 6.45) is -7.70. The van der Waals surface area contributed by atoms with Gasteiger partial charge < -0.3 is 49.3 Å². The number of alkyl carbamates (subject to hydrolysis) is 1. The number of carbonyl (C=O) groups is 3. The second-order valence-electron chi connectivity index (χ2n) is 8.67. The maximum Gasteiger partial charge on any atom is 0.407 e. The molecule has 5 unspecified atom stereocenters. The number of ether oxygens (including phenoxy) is 4. The van der Waals surface area contributed by atoms with Gasteiger partial charge in [0.25, 0.3) is 0 Å². The van der Waals surface area contributed by atoms with Crippen LogP contribution in [0.25, 0.3) is 11.0 Å². The molecule has 1 aliphatic rings. The van der Waals surface area contributed by atoms with Gasteiger partial charge in [0, 0.05) is 30.6 Å². The van der Waals surface area contributed by atoms with Crippen molar-refractivity contribution in [3.8, 4) is 5.75 Å². The van der Waals surface area contributed by atoms with Gasteiger partial charge in [0.1, 0.15) is 29.6 Å². The first-order valence-electron chi connectivity index (χ1n) is 12.3. The van der Waals surface area contributed by atoms with E-state index >= 15 is 0 Å². The van der Waals surface area contributed by atoms with E-state index in [-0.39, 0.29) is 30.3 Å². The van der Waals surface area contributed by atoms with Crippen LogP contribution in [-0.2, 0) is 30.2 Å². The van der Waals surface area contributed by atoms with Crippen LogP contribution in [0.1, 0.15) is 25.3 Å². The number of carbonyl (C=O) groups excluding carboxylic acids is 3. The molecule has 14 heteroatoms. The van der Waals surface area contributed by atoms with E-state index in [9.17, 15) is 34.5 Å². The molecule has 2 aromatic rings. The van der Waals surface area contributed by atoms with E-state index in [0.717, 1.165) is 7.11 Å². The number of aliphatic hydroxyl groups is 3. The van der Waals surface area contributed by atoms with E-state index in [1.165, 1.54) is 24.3 Å². The quantitative estimate of drug-likeness (QED) is 0.134. The third-order valence-corrected chi connectivity index (χ3v) is 5.88. The number of hydrogen-bond acceptors (Lipinski definition) is 12. The van der Waals surface area contributed by atoms with Crippen molar-refractivity contribution in [3.63, 3.8) is 0 Å². The van der Waals surface area contributed by atoms with Crippen LogP contribution >= 0.6 is 0 Å². The molecule has 0 bridgehead atoms. The van der Waals surface area contributed by atoms with E-state index < -0.39 is 48.4 Å². The summed E-state index contributed by atoms with van der Waals surface area (Å²) >= 11 is 0. The van der Waals surface area contributed by atoms with Crippen LogP contribution < -0.4 is 21.0 Å². The second kappa shape index (κ2) is 13.9. The number of unbranched alkanes of at least 4 members (excludes halogenated alkanes) is 1. The minimum atomic E-state index is -1.76. The molecule has 0 saturated carbocycles. The molecule has 1 saturated heterocycles. The molecule has 3 rings (SSSR count). The van der Waals surface area contributed by atoms with Gasteiger partial charge in [-0.25, -0.2) is 14.4 Å². The van der Waals surface area contributed by atoms with Crippen LogP contribution in [0.2, 0.25) is 0 Å². The number of amides is 2. The van der Waals surface area contributed by atoms with Crippen molar-refractivity contribution >= 4 is 28.9 Å². The number of benzene rings is 1. The molecular weight excluding hydrogens is 520 g/mol. The predicted octanol–water partition coefficient (Wildman–Crippen LogP) is -0.663. The number of methoxy groups -OCH3 is 1. The maximum absolute atomic E-state index is 12.4. The fourth-order valence-corrected chi connectivity index (χ4v) is 3.91. The summed E-state index contributed by atoms with van der Waals surface area (Å²) in [4.78, 5) is 47.7. The van der Waals surface area contributed by atoms with Crippen molar-refractivity contribution in [1.29, 1.82) is 0 Å². The van der Waals surface area contributed by atoms with Crippen molar-refractivity contribution in [2.24, 2.45) is 0 Å². The highest BCUT2D eigenvalue weighted by Gasteiger charge is 2.48. The molecule has 5 N–H and O–H groups in total. The van der Waals surface area contributed by atoms with Gasteiger partial charge >= 0.3 is 17.7 Å². The number of nitrogens with one attached hydrogen (secondary N) is 2. The van der Waals surface area contributed by atoms with Gasteiger partial charge in [0.05, 0.1) is 20.1 Å². The normalized spacial score (nSPS) is 22.6. The van der Waals surface area contributed by atoms with Crippen LogP contribution in [0.15, 0.2) is 33.5 Å². The number of hydrogen-bond donors (Lipinski definition) is 5. The van der Waals surface area contributed by atoms with E-state index in [0.29, 0.717) is 36.9 Å². The average Bonchev–Trinajstić information content (AvgIpc) is 2.90. The topological polar surface area (TPSA) is 203 Å². The first-order valence-corrected chi connectivity index (χ1v) is 12.3. The van der Waals surface area contributed by atoms with Crippen molar-refractivity contribution in [3.05, 3.63) is 40.2 Å². The molecule has 1 aromatic carbocycles. The summed E-state index contributed by atoms with van der Waals surface area (Å²) in [5.74, 6) is -1.23. The Hall–Kier alpha value is -3.72. The van der Waals surface area contributed by atoms with Crippen LogP contribution in [-0.4, -0.2) is 90.8 Å². The van der Waals surface area contributed by atoms with Crippen molar-refractivity contribution in [1.82, 2.24) is 10.6 Å². The Morgan fingerprint density at radius 2 is 1.72 bits per heavy atom. The summed E-state index contributed by atoms with van der Waals surface area (Å²) < 4.78 is 25.4. The summed E-state index contributed by atoms with van der Waals surface area (Å²) in [7, 11) is 1.07. The first-order chi connectivity index (χ1) is 18.6. The van der Waals surface area contributed by atoms with Gasteiger partial charge in [-0.2, -0.15) is 0 Å². The Morgan fingerprint density at radius 3 is 2.41 bits per heavy atom. The fourth-order valence-electron chi connectivity index (χ4n) is 3.91. The monoisotopic (exact) mass is 552 g/mol. The van der Waals surface area contributed by atoms with Gasteiger partial charge in [0.15, 0.2) is 6.10 Å². The highest BCUT2D eigenvalue weighted by Crippen LogP contribution is 2.28. The van der Waals surface area contributed by atoms with E-state index in [2.05, 4.69) is 15.4 Å². The number of esters is 1. The van der Waals surface area contributed by atoms with Gasteiger partial charge in [0.2, 0.25) is 12.2 Å².